The first-order valence-corrected chi connectivity index (χ1v) is 5.89. The molecule has 0 saturated carbocycles. The van der Waals surface area contributed by atoms with Crippen LogP contribution in [0.4, 0.5) is 18.9 Å². The van der Waals surface area contributed by atoms with Gasteiger partial charge in [-0.25, -0.2) is 0 Å². The van der Waals surface area contributed by atoms with Gasteiger partial charge < -0.3 is 10.1 Å². The van der Waals surface area contributed by atoms with Gasteiger partial charge in [0.1, 0.15) is 6.61 Å². The maximum atomic E-state index is 11.7. The Bertz CT molecular complexity index is 373. The Labute approximate surface area is 110 Å². The van der Waals surface area contributed by atoms with Gasteiger partial charge in [0.15, 0.2) is 0 Å². The highest BCUT2D eigenvalue weighted by Gasteiger charge is 2.27. The van der Waals surface area contributed by atoms with E-state index in [-0.39, 0.29) is 13.2 Å². The molecule has 0 bridgehead atoms. The highest BCUT2D eigenvalue weighted by molar-refractivity contribution is 9.10. The van der Waals surface area contributed by atoms with Gasteiger partial charge in [-0.3, -0.25) is 0 Å². The first kappa shape index (κ1) is 14.6. The number of hydrogen-bond acceptors (Lipinski definition) is 2. The Morgan fingerprint density at radius 3 is 2.65 bits per heavy atom. The lowest BCUT2D eigenvalue weighted by Crippen LogP contribution is -2.20. The molecule has 0 amide bonds. The number of anilines is 1. The van der Waals surface area contributed by atoms with Crippen LogP contribution in [0.15, 0.2) is 22.7 Å². The minimum Gasteiger partial charge on any atom is -0.382 e. The lowest BCUT2D eigenvalue weighted by Gasteiger charge is -2.10. The molecule has 0 fully saturated rings. The fourth-order valence-electron chi connectivity index (χ4n) is 1.08. The molecule has 0 heterocycles. The summed E-state index contributed by atoms with van der Waals surface area (Å²) in [7, 11) is 0. The van der Waals surface area contributed by atoms with E-state index < -0.39 is 12.8 Å². The fourth-order valence-corrected chi connectivity index (χ4v) is 1.82. The van der Waals surface area contributed by atoms with E-state index in [2.05, 4.69) is 26.0 Å². The molecule has 96 valence electrons. The third-order valence-electron chi connectivity index (χ3n) is 1.76. The van der Waals surface area contributed by atoms with Crippen LogP contribution in [0.3, 0.4) is 0 Å². The molecular weight excluding hydrogens is 322 g/mol. The topological polar surface area (TPSA) is 21.3 Å². The van der Waals surface area contributed by atoms with Crippen molar-refractivity contribution in [3.8, 4) is 0 Å². The molecule has 1 aromatic carbocycles. The Morgan fingerprint density at radius 1 is 1.35 bits per heavy atom. The van der Waals surface area contributed by atoms with Gasteiger partial charge >= 0.3 is 6.18 Å². The van der Waals surface area contributed by atoms with E-state index in [1.54, 1.807) is 18.2 Å². The normalized spacial score (nSPS) is 11.6. The molecule has 0 aliphatic rings. The highest BCUT2D eigenvalue weighted by atomic mass is 79.9. The van der Waals surface area contributed by atoms with E-state index in [4.69, 9.17) is 11.6 Å². The second-order valence-corrected chi connectivity index (χ2v) is 4.54. The van der Waals surface area contributed by atoms with Crippen molar-refractivity contribution >= 4 is 33.2 Å². The van der Waals surface area contributed by atoms with E-state index >= 15 is 0 Å². The van der Waals surface area contributed by atoms with Crippen LogP contribution in [-0.4, -0.2) is 25.9 Å². The van der Waals surface area contributed by atoms with Crippen molar-refractivity contribution in [2.75, 3.05) is 25.1 Å². The number of nitrogens with one attached hydrogen (secondary N) is 1. The van der Waals surface area contributed by atoms with Gasteiger partial charge in [-0.1, -0.05) is 27.5 Å². The number of hydrogen-bond donors (Lipinski definition) is 1. The number of ether oxygens (including phenoxy) is 1. The summed E-state index contributed by atoms with van der Waals surface area (Å²) in [4.78, 5) is 0. The molecule has 0 spiro atoms. The van der Waals surface area contributed by atoms with Crippen LogP contribution < -0.4 is 5.32 Å². The van der Waals surface area contributed by atoms with Crippen LogP contribution in [-0.2, 0) is 4.74 Å². The molecule has 0 saturated heterocycles. The first-order chi connectivity index (χ1) is 7.88. The molecule has 0 atom stereocenters. The average molecular weight is 333 g/mol. The van der Waals surface area contributed by atoms with Crippen molar-refractivity contribution in [1.29, 1.82) is 0 Å². The van der Waals surface area contributed by atoms with Crippen molar-refractivity contribution < 1.29 is 17.9 Å². The molecule has 0 radical (unpaired) electrons. The summed E-state index contributed by atoms with van der Waals surface area (Å²) >= 11 is 9.15. The summed E-state index contributed by atoms with van der Waals surface area (Å²) in [6.45, 7) is -1.01. The summed E-state index contributed by atoms with van der Waals surface area (Å²) in [6.07, 6.45) is -4.28. The molecule has 1 aromatic rings. The molecule has 0 aromatic heterocycles. The second kappa shape index (κ2) is 6.47. The summed E-state index contributed by atoms with van der Waals surface area (Å²) in [5.41, 5.74) is 0.658. The van der Waals surface area contributed by atoms with Crippen LogP contribution in [0.5, 0.6) is 0 Å². The minimum absolute atomic E-state index is 0.0358. The average Bonchev–Trinajstić information content (AvgIpc) is 2.18. The third kappa shape index (κ3) is 6.14. The van der Waals surface area contributed by atoms with E-state index in [0.29, 0.717) is 10.7 Å². The van der Waals surface area contributed by atoms with E-state index in [9.17, 15) is 13.2 Å². The van der Waals surface area contributed by atoms with Gasteiger partial charge in [-0.15, -0.1) is 0 Å². The smallest absolute Gasteiger partial charge is 0.382 e. The van der Waals surface area contributed by atoms with Crippen molar-refractivity contribution in [3.05, 3.63) is 27.7 Å². The maximum absolute atomic E-state index is 11.7. The van der Waals surface area contributed by atoms with Crippen LogP contribution >= 0.6 is 27.5 Å². The van der Waals surface area contributed by atoms with Crippen molar-refractivity contribution in [2.24, 2.45) is 0 Å². The Balaban J connectivity index is 2.27. The molecule has 0 unspecified atom stereocenters. The number of alkyl halides is 3. The lowest BCUT2D eigenvalue weighted by atomic mass is 10.3. The number of rotatable bonds is 5. The lowest BCUT2D eigenvalue weighted by molar-refractivity contribution is -0.172. The Morgan fingerprint density at radius 2 is 2.06 bits per heavy atom. The van der Waals surface area contributed by atoms with Gasteiger partial charge in [0, 0.05) is 11.0 Å². The molecule has 1 rings (SSSR count). The van der Waals surface area contributed by atoms with E-state index in [1.807, 2.05) is 0 Å². The van der Waals surface area contributed by atoms with Gasteiger partial charge in [0.2, 0.25) is 0 Å². The van der Waals surface area contributed by atoms with Crippen molar-refractivity contribution in [3.63, 3.8) is 0 Å². The molecule has 2 nitrogen and oxygen atoms in total. The van der Waals surface area contributed by atoms with Crippen molar-refractivity contribution in [2.45, 2.75) is 6.18 Å². The summed E-state index contributed by atoms with van der Waals surface area (Å²) < 4.78 is 40.5. The number of benzene rings is 1. The monoisotopic (exact) mass is 331 g/mol. The van der Waals surface area contributed by atoms with Crippen LogP contribution in [0.2, 0.25) is 5.02 Å². The number of halogens is 5. The Kier molecular flexibility index (Phi) is 5.55. The first-order valence-electron chi connectivity index (χ1n) is 4.72. The van der Waals surface area contributed by atoms with Gasteiger partial charge in [-0.2, -0.15) is 13.2 Å². The molecule has 17 heavy (non-hydrogen) atoms. The fraction of sp³-hybridized carbons (Fsp3) is 0.400. The second-order valence-electron chi connectivity index (χ2n) is 3.22. The van der Waals surface area contributed by atoms with Crippen molar-refractivity contribution in [1.82, 2.24) is 0 Å². The standard InChI is InChI=1S/C10H10BrClF3NO/c11-7-1-2-9(8(12)5-7)16-3-4-17-6-10(13,14)15/h1-2,5,16H,3-4,6H2. The molecule has 7 heteroatoms. The summed E-state index contributed by atoms with van der Waals surface area (Å²) in [6, 6.07) is 5.21. The van der Waals surface area contributed by atoms with Crippen LogP contribution in [0, 0.1) is 0 Å². The molecule has 1 N–H and O–H groups in total. The van der Waals surface area contributed by atoms with Gasteiger partial charge in [-0.05, 0) is 18.2 Å². The summed E-state index contributed by atoms with van der Waals surface area (Å²) in [5, 5.41) is 3.38. The van der Waals surface area contributed by atoms with Crippen LogP contribution in [0.1, 0.15) is 0 Å². The molecular formula is C10H10BrClF3NO. The molecule has 0 aliphatic carbocycles. The van der Waals surface area contributed by atoms with Gasteiger partial charge in [0.25, 0.3) is 0 Å². The third-order valence-corrected chi connectivity index (χ3v) is 2.56. The zero-order chi connectivity index (χ0) is 12.9. The zero-order valence-electron chi connectivity index (χ0n) is 8.65. The minimum atomic E-state index is -4.28. The predicted octanol–water partition coefficient (Wildman–Crippen LogP) is 4.09. The highest BCUT2D eigenvalue weighted by Crippen LogP contribution is 2.25. The predicted molar refractivity (Wildman–Crippen MR) is 64.5 cm³/mol. The SMILES string of the molecule is FC(F)(F)COCCNc1ccc(Br)cc1Cl. The van der Waals surface area contributed by atoms with E-state index in [1.165, 1.54) is 0 Å². The molecule has 0 aliphatic heterocycles. The Hall–Kier alpha value is -0.460. The largest absolute Gasteiger partial charge is 0.411 e. The quantitative estimate of drug-likeness (QED) is 0.820. The summed E-state index contributed by atoms with van der Waals surface area (Å²) in [5.74, 6) is 0. The van der Waals surface area contributed by atoms with E-state index in [0.717, 1.165) is 4.47 Å². The van der Waals surface area contributed by atoms with Gasteiger partial charge in [0.05, 0.1) is 17.3 Å². The zero-order valence-corrected chi connectivity index (χ0v) is 11.0. The maximum Gasteiger partial charge on any atom is 0.411 e. The van der Waals surface area contributed by atoms with Crippen LogP contribution in [0.25, 0.3) is 0 Å².